The Bertz CT molecular complexity index is 1820. The van der Waals surface area contributed by atoms with E-state index in [-0.39, 0.29) is 22.0 Å². The third-order valence-corrected chi connectivity index (χ3v) is 9.70. The molecule has 0 aromatic heterocycles. The molecule has 1 amide bonds. The van der Waals surface area contributed by atoms with Gasteiger partial charge in [-0.25, -0.2) is 13.8 Å². The van der Waals surface area contributed by atoms with E-state index in [1.807, 2.05) is 38.1 Å². The molecule has 0 fully saturated rings. The Labute approximate surface area is 260 Å². The maximum atomic E-state index is 13.3. The number of nitrogens with one attached hydrogen (secondary N) is 2. The maximum absolute atomic E-state index is 13.3. The van der Waals surface area contributed by atoms with Crippen LogP contribution in [-0.4, -0.2) is 34.5 Å². The molecule has 0 saturated carbocycles. The zero-order chi connectivity index (χ0) is 31.2. The molecule has 4 rings (SSSR count). The minimum absolute atomic E-state index is 0.00973. The van der Waals surface area contributed by atoms with E-state index in [0.29, 0.717) is 11.3 Å². The van der Waals surface area contributed by atoms with Crippen molar-refractivity contribution >= 4 is 47.7 Å². The number of halogens is 1. The van der Waals surface area contributed by atoms with Crippen molar-refractivity contribution in [3.63, 3.8) is 0 Å². The Morgan fingerprint density at radius 2 is 1.33 bits per heavy atom. The summed E-state index contributed by atoms with van der Waals surface area (Å²) in [4.78, 5) is 13.3. The topological polar surface area (TPSA) is 131 Å². The van der Waals surface area contributed by atoms with Gasteiger partial charge in [0.1, 0.15) is 16.7 Å². The van der Waals surface area contributed by atoms with Gasteiger partial charge in [0.15, 0.2) is 0 Å². The van der Waals surface area contributed by atoms with Crippen LogP contribution in [0.3, 0.4) is 0 Å². The molecule has 2 N–H and O–H groups in total. The van der Waals surface area contributed by atoms with Crippen molar-refractivity contribution in [2.45, 2.75) is 43.0 Å². The maximum Gasteiger partial charge on any atom is 0.339 e. The van der Waals surface area contributed by atoms with Crippen LogP contribution in [0.1, 0.15) is 29.2 Å². The van der Waals surface area contributed by atoms with Crippen LogP contribution in [-0.2, 0) is 31.4 Å². The Hall–Kier alpha value is -3.84. The number of amides is 1. The van der Waals surface area contributed by atoms with Gasteiger partial charge in [0.25, 0.3) is 5.91 Å². The SMILES string of the molecule is C/C(=N/NC(=O)[C@@H](Cc1ccc(OS(=O)(=O)c2ccc(C)cc2)cc1)NS(=O)(=O)c1ccc(C)cc1)c1ccc(Br)cc1. The fourth-order valence-electron chi connectivity index (χ4n) is 3.93. The number of hydrogen-bond donors (Lipinski definition) is 2. The van der Waals surface area contributed by atoms with Crippen LogP contribution in [0.4, 0.5) is 0 Å². The van der Waals surface area contributed by atoms with Gasteiger partial charge in [-0.05, 0) is 86.8 Å². The lowest BCUT2D eigenvalue weighted by atomic mass is 10.1. The van der Waals surface area contributed by atoms with Crippen molar-refractivity contribution in [1.29, 1.82) is 0 Å². The van der Waals surface area contributed by atoms with Crippen LogP contribution in [0.25, 0.3) is 0 Å². The molecule has 0 aliphatic heterocycles. The van der Waals surface area contributed by atoms with Gasteiger partial charge < -0.3 is 4.18 Å². The lowest BCUT2D eigenvalue weighted by molar-refractivity contribution is -0.122. The first-order valence-electron chi connectivity index (χ1n) is 13.1. The second-order valence-corrected chi connectivity index (χ2v) is 14.0. The van der Waals surface area contributed by atoms with Crippen molar-refractivity contribution in [3.8, 4) is 5.75 Å². The van der Waals surface area contributed by atoms with E-state index in [0.717, 1.165) is 21.2 Å². The van der Waals surface area contributed by atoms with E-state index < -0.39 is 32.1 Å². The quantitative estimate of drug-likeness (QED) is 0.126. The molecule has 12 heteroatoms. The standard InChI is InChI=1S/C31H30BrN3O6S2/c1-21-4-16-28(17-5-21)42(37,38)35-30(31(36)34-33-23(3)25-10-12-26(32)13-11-25)20-24-8-14-27(15-9-24)41-43(39,40)29-18-6-22(2)7-19-29/h4-19,30,35H,20H2,1-3H3,(H,34,36)/b33-23-/t30-/m1/s1. The summed E-state index contributed by atoms with van der Waals surface area (Å²) < 4.78 is 60.3. The summed E-state index contributed by atoms with van der Waals surface area (Å²) in [6, 6.07) is 24.6. The molecule has 0 heterocycles. The van der Waals surface area contributed by atoms with E-state index in [2.05, 4.69) is 31.2 Å². The number of hydrogen-bond acceptors (Lipinski definition) is 7. The fourth-order valence-corrected chi connectivity index (χ4v) is 6.32. The molecule has 0 aliphatic carbocycles. The molecule has 0 aliphatic rings. The molecule has 4 aromatic rings. The van der Waals surface area contributed by atoms with E-state index >= 15 is 0 Å². The predicted molar refractivity (Wildman–Crippen MR) is 169 cm³/mol. The van der Waals surface area contributed by atoms with Crippen molar-refractivity contribution in [3.05, 3.63) is 124 Å². The average molecular weight is 685 g/mol. The van der Waals surface area contributed by atoms with Crippen LogP contribution in [0.2, 0.25) is 0 Å². The average Bonchev–Trinajstić information content (AvgIpc) is 2.97. The highest BCUT2D eigenvalue weighted by molar-refractivity contribution is 9.10. The number of aryl methyl sites for hydroxylation is 2. The van der Waals surface area contributed by atoms with Crippen molar-refractivity contribution in [1.82, 2.24) is 10.1 Å². The van der Waals surface area contributed by atoms with E-state index in [4.69, 9.17) is 4.18 Å². The summed E-state index contributed by atoms with van der Waals surface area (Å²) in [5.74, 6) is -0.602. The van der Waals surface area contributed by atoms with Crippen molar-refractivity contribution < 1.29 is 25.8 Å². The molecule has 0 saturated heterocycles. The molecular weight excluding hydrogens is 654 g/mol. The summed E-state index contributed by atoms with van der Waals surface area (Å²) in [6.45, 7) is 5.41. The summed E-state index contributed by atoms with van der Waals surface area (Å²) >= 11 is 3.38. The molecule has 9 nitrogen and oxygen atoms in total. The zero-order valence-corrected chi connectivity index (χ0v) is 26.8. The lowest BCUT2D eigenvalue weighted by Gasteiger charge is -2.18. The first-order valence-corrected chi connectivity index (χ1v) is 16.8. The number of carbonyl (C=O) groups excluding carboxylic acids is 1. The smallest absolute Gasteiger partial charge is 0.339 e. The number of hydrazone groups is 1. The zero-order valence-electron chi connectivity index (χ0n) is 23.6. The summed E-state index contributed by atoms with van der Waals surface area (Å²) in [6.07, 6.45) is -0.0469. The number of nitrogens with zero attached hydrogens (tertiary/aromatic N) is 1. The first kappa shape index (κ1) is 32.1. The summed E-state index contributed by atoms with van der Waals surface area (Å²) in [7, 11) is -8.12. The first-order chi connectivity index (χ1) is 20.3. The minimum atomic E-state index is -4.07. The van der Waals surface area contributed by atoms with Gasteiger partial charge in [-0.15, -0.1) is 0 Å². The van der Waals surface area contributed by atoms with E-state index in [9.17, 15) is 21.6 Å². The fraction of sp³-hybridized carbons (Fsp3) is 0.161. The number of carbonyl (C=O) groups is 1. The Kier molecular flexibility index (Phi) is 10.2. The molecule has 0 bridgehead atoms. The second-order valence-electron chi connectivity index (χ2n) is 9.87. The lowest BCUT2D eigenvalue weighted by Crippen LogP contribution is -2.46. The Balaban J connectivity index is 1.54. The number of sulfonamides is 1. The molecule has 0 unspecified atom stereocenters. The largest absolute Gasteiger partial charge is 0.379 e. The van der Waals surface area contributed by atoms with Gasteiger partial charge in [-0.2, -0.15) is 18.2 Å². The van der Waals surface area contributed by atoms with Crippen LogP contribution in [0.5, 0.6) is 5.75 Å². The third kappa shape index (κ3) is 8.83. The molecule has 224 valence electrons. The number of benzene rings is 4. The molecule has 43 heavy (non-hydrogen) atoms. The highest BCUT2D eigenvalue weighted by Crippen LogP contribution is 2.21. The molecule has 0 radical (unpaired) electrons. The van der Waals surface area contributed by atoms with Crippen LogP contribution < -0.4 is 14.3 Å². The number of rotatable bonds is 11. The molecular formula is C31H30BrN3O6S2. The summed E-state index contributed by atoms with van der Waals surface area (Å²) in [5, 5.41) is 4.17. The normalized spacial score (nSPS) is 12.9. The van der Waals surface area contributed by atoms with E-state index in [1.54, 1.807) is 43.3 Å². The van der Waals surface area contributed by atoms with E-state index in [1.165, 1.54) is 36.4 Å². The van der Waals surface area contributed by atoms with Crippen molar-refractivity contribution in [2.75, 3.05) is 0 Å². The van der Waals surface area contributed by atoms with Crippen LogP contribution in [0, 0.1) is 13.8 Å². The van der Waals surface area contributed by atoms with Crippen LogP contribution in [0.15, 0.2) is 116 Å². The molecule has 0 spiro atoms. The van der Waals surface area contributed by atoms with Gasteiger partial charge in [0, 0.05) is 4.47 Å². The van der Waals surface area contributed by atoms with Crippen LogP contribution >= 0.6 is 15.9 Å². The highest BCUT2D eigenvalue weighted by Gasteiger charge is 2.26. The van der Waals surface area contributed by atoms with Gasteiger partial charge >= 0.3 is 10.1 Å². The monoisotopic (exact) mass is 683 g/mol. The molecule has 4 aromatic carbocycles. The van der Waals surface area contributed by atoms with Crippen molar-refractivity contribution in [2.24, 2.45) is 5.10 Å². The third-order valence-electron chi connectivity index (χ3n) is 6.42. The highest BCUT2D eigenvalue weighted by atomic mass is 79.9. The predicted octanol–water partition coefficient (Wildman–Crippen LogP) is 5.26. The Morgan fingerprint density at radius 1 is 0.791 bits per heavy atom. The Morgan fingerprint density at radius 3 is 1.88 bits per heavy atom. The van der Waals surface area contributed by atoms with Gasteiger partial charge in [0.2, 0.25) is 10.0 Å². The second kappa shape index (κ2) is 13.6. The summed E-state index contributed by atoms with van der Waals surface area (Å²) in [5.41, 5.74) is 6.12. The van der Waals surface area contributed by atoms with Gasteiger partial charge in [-0.1, -0.05) is 75.6 Å². The minimum Gasteiger partial charge on any atom is -0.379 e. The molecule has 1 atom stereocenters. The van der Waals surface area contributed by atoms with Gasteiger partial charge in [0.05, 0.1) is 10.6 Å². The van der Waals surface area contributed by atoms with Gasteiger partial charge in [-0.3, -0.25) is 4.79 Å².